The standard InChI is InChI=1S/C19H22ClN5O/c20-16-3-5-17(6-4-16)23-9-11-24(12-10-23)18(26)15-13-21-19(22-14-15)25-7-1-2-8-25/h3-6,13-14H,1-2,7-12H2. The Morgan fingerprint density at radius 3 is 2.08 bits per heavy atom. The van der Waals surface area contributed by atoms with Gasteiger partial charge in [-0.1, -0.05) is 11.6 Å². The normalized spacial score (nSPS) is 17.7. The number of carbonyl (C=O) groups is 1. The zero-order chi connectivity index (χ0) is 17.9. The summed E-state index contributed by atoms with van der Waals surface area (Å²) in [5, 5.41) is 0.736. The molecule has 0 aliphatic carbocycles. The molecule has 0 bridgehead atoms. The number of amides is 1. The molecule has 1 amide bonds. The molecule has 2 aromatic rings. The second-order valence-electron chi connectivity index (χ2n) is 6.72. The first kappa shape index (κ1) is 17.1. The van der Waals surface area contributed by atoms with Gasteiger partial charge in [-0.25, -0.2) is 9.97 Å². The van der Waals surface area contributed by atoms with Crippen LogP contribution in [0, 0.1) is 0 Å². The average Bonchev–Trinajstić information content (AvgIpc) is 3.23. The Labute approximate surface area is 158 Å². The van der Waals surface area contributed by atoms with Crippen LogP contribution in [0.3, 0.4) is 0 Å². The van der Waals surface area contributed by atoms with E-state index in [1.165, 1.54) is 12.8 Å². The lowest BCUT2D eigenvalue weighted by Gasteiger charge is -2.36. The zero-order valence-electron chi connectivity index (χ0n) is 14.6. The van der Waals surface area contributed by atoms with Gasteiger partial charge in [-0.2, -0.15) is 0 Å². The Kier molecular flexibility index (Phi) is 4.93. The highest BCUT2D eigenvalue weighted by Gasteiger charge is 2.23. The minimum absolute atomic E-state index is 0.00808. The molecule has 1 aromatic carbocycles. The van der Waals surface area contributed by atoms with Gasteiger partial charge in [0.2, 0.25) is 5.95 Å². The van der Waals surface area contributed by atoms with Crippen LogP contribution in [-0.4, -0.2) is 60.0 Å². The fourth-order valence-electron chi connectivity index (χ4n) is 3.51. The van der Waals surface area contributed by atoms with Crippen LogP contribution in [0.2, 0.25) is 5.02 Å². The molecule has 7 heteroatoms. The van der Waals surface area contributed by atoms with Gasteiger partial charge in [0.1, 0.15) is 0 Å². The number of benzene rings is 1. The van der Waals surface area contributed by atoms with Crippen molar-refractivity contribution in [3.8, 4) is 0 Å². The first-order valence-electron chi connectivity index (χ1n) is 9.07. The van der Waals surface area contributed by atoms with Crippen LogP contribution >= 0.6 is 11.6 Å². The second kappa shape index (κ2) is 7.50. The molecule has 6 nitrogen and oxygen atoms in total. The minimum Gasteiger partial charge on any atom is -0.368 e. The Morgan fingerprint density at radius 2 is 1.46 bits per heavy atom. The van der Waals surface area contributed by atoms with Crippen molar-refractivity contribution in [2.45, 2.75) is 12.8 Å². The summed E-state index contributed by atoms with van der Waals surface area (Å²) in [5.74, 6) is 0.736. The van der Waals surface area contributed by atoms with Crippen molar-refractivity contribution >= 4 is 29.1 Å². The molecule has 0 unspecified atom stereocenters. The first-order chi connectivity index (χ1) is 12.7. The van der Waals surface area contributed by atoms with Crippen molar-refractivity contribution in [2.24, 2.45) is 0 Å². The molecule has 136 valence electrons. The maximum absolute atomic E-state index is 12.7. The molecule has 1 aromatic heterocycles. The molecule has 0 radical (unpaired) electrons. The lowest BCUT2D eigenvalue weighted by Crippen LogP contribution is -2.48. The molecule has 0 saturated carbocycles. The molecule has 26 heavy (non-hydrogen) atoms. The Morgan fingerprint density at radius 1 is 0.846 bits per heavy atom. The van der Waals surface area contributed by atoms with Gasteiger partial charge < -0.3 is 14.7 Å². The smallest absolute Gasteiger partial charge is 0.257 e. The highest BCUT2D eigenvalue weighted by molar-refractivity contribution is 6.30. The van der Waals surface area contributed by atoms with E-state index in [0.717, 1.165) is 42.8 Å². The van der Waals surface area contributed by atoms with Gasteiger partial charge in [0, 0.05) is 62.4 Å². The van der Waals surface area contributed by atoms with Crippen LogP contribution in [0.1, 0.15) is 23.2 Å². The van der Waals surface area contributed by atoms with E-state index < -0.39 is 0 Å². The van der Waals surface area contributed by atoms with Crippen LogP contribution < -0.4 is 9.80 Å². The van der Waals surface area contributed by atoms with E-state index in [0.29, 0.717) is 18.7 Å². The zero-order valence-corrected chi connectivity index (χ0v) is 15.4. The third-order valence-electron chi connectivity index (χ3n) is 5.03. The van der Waals surface area contributed by atoms with Gasteiger partial charge in [0.05, 0.1) is 5.56 Å². The highest BCUT2D eigenvalue weighted by atomic mass is 35.5. The maximum Gasteiger partial charge on any atom is 0.257 e. The molecule has 2 aliphatic heterocycles. The molecule has 3 heterocycles. The fourth-order valence-corrected chi connectivity index (χ4v) is 3.64. The summed E-state index contributed by atoms with van der Waals surface area (Å²) in [4.78, 5) is 27.8. The van der Waals surface area contributed by atoms with E-state index in [1.54, 1.807) is 12.4 Å². The van der Waals surface area contributed by atoms with Gasteiger partial charge in [-0.15, -0.1) is 0 Å². The SMILES string of the molecule is O=C(c1cnc(N2CCCC2)nc1)N1CCN(c2ccc(Cl)cc2)CC1. The molecule has 2 aliphatic rings. The third-order valence-corrected chi connectivity index (χ3v) is 5.28. The van der Waals surface area contributed by atoms with Crippen molar-refractivity contribution in [1.82, 2.24) is 14.9 Å². The van der Waals surface area contributed by atoms with E-state index in [9.17, 15) is 4.79 Å². The number of hydrogen-bond donors (Lipinski definition) is 0. The molecule has 0 N–H and O–H groups in total. The number of anilines is 2. The first-order valence-corrected chi connectivity index (χ1v) is 9.45. The Bertz CT molecular complexity index is 751. The summed E-state index contributed by atoms with van der Waals surface area (Å²) >= 11 is 5.95. The van der Waals surface area contributed by atoms with E-state index >= 15 is 0 Å². The number of halogens is 1. The number of piperazine rings is 1. The molecule has 4 rings (SSSR count). The summed E-state index contributed by atoms with van der Waals surface area (Å²) in [5.41, 5.74) is 1.70. The summed E-state index contributed by atoms with van der Waals surface area (Å²) in [7, 11) is 0. The Balaban J connectivity index is 1.36. The summed E-state index contributed by atoms with van der Waals surface area (Å²) in [6.07, 6.45) is 5.69. The van der Waals surface area contributed by atoms with Crippen LogP contribution in [0.4, 0.5) is 11.6 Å². The van der Waals surface area contributed by atoms with Gasteiger partial charge >= 0.3 is 0 Å². The van der Waals surface area contributed by atoms with Crippen LogP contribution in [0.25, 0.3) is 0 Å². The third kappa shape index (κ3) is 3.60. The van der Waals surface area contributed by atoms with Crippen LogP contribution in [0.5, 0.6) is 0 Å². The van der Waals surface area contributed by atoms with E-state index in [-0.39, 0.29) is 5.91 Å². The van der Waals surface area contributed by atoms with Gasteiger partial charge in [0.15, 0.2) is 0 Å². The predicted octanol–water partition coefficient (Wildman–Crippen LogP) is 2.69. The highest BCUT2D eigenvalue weighted by Crippen LogP contribution is 2.20. The number of hydrogen-bond acceptors (Lipinski definition) is 5. The monoisotopic (exact) mass is 371 g/mol. The van der Waals surface area contributed by atoms with Crippen molar-refractivity contribution < 1.29 is 4.79 Å². The van der Waals surface area contributed by atoms with Crippen LogP contribution in [-0.2, 0) is 0 Å². The molecular formula is C19H22ClN5O. The van der Waals surface area contributed by atoms with E-state index in [2.05, 4.69) is 19.8 Å². The molecular weight excluding hydrogens is 350 g/mol. The predicted molar refractivity (Wildman–Crippen MR) is 103 cm³/mol. The summed E-state index contributed by atoms with van der Waals surface area (Å²) < 4.78 is 0. The summed E-state index contributed by atoms with van der Waals surface area (Å²) in [6.45, 7) is 4.99. The topological polar surface area (TPSA) is 52.6 Å². The number of rotatable bonds is 3. The van der Waals surface area contributed by atoms with Crippen molar-refractivity contribution in [1.29, 1.82) is 0 Å². The van der Waals surface area contributed by atoms with Gasteiger partial charge in [-0.3, -0.25) is 4.79 Å². The number of aromatic nitrogens is 2. The van der Waals surface area contributed by atoms with Crippen LogP contribution in [0.15, 0.2) is 36.7 Å². The van der Waals surface area contributed by atoms with E-state index in [4.69, 9.17) is 11.6 Å². The lowest BCUT2D eigenvalue weighted by molar-refractivity contribution is 0.0746. The van der Waals surface area contributed by atoms with E-state index in [1.807, 2.05) is 29.2 Å². The minimum atomic E-state index is 0.00808. The number of nitrogens with zero attached hydrogens (tertiary/aromatic N) is 5. The van der Waals surface area contributed by atoms with Crippen molar-refractivity contribution in [3.05, 3.63) is 47.2 Å². The van der Waals surface area contributed by atoms with Gasteiger partial charge in [0.25, 0.3) is 5.91 Å². The number of carbonyl (C=O) groups excluding carboxylic acids is 1. The fraction of sp³-hybridized carbons (Fsp3) is 0.421. The molecule has 0 spiro atoms. The largest absolute Gasteiger partial charge is 0.368 e. The molecule has 0 atom stereocenters. The maximum atomic E-state index is 12.7. The Hall–Kier alpha value is -2.34. The van der Waals surface area contributed by atoms with Crippen molar-refractivity contribution in [3.63, 3.8) is 0 Å². The summed E-state index contributed by atoms with van der Waals surface area (Å²) in [6, 6.07) is 7.83. The van der Waals surface area contributed by atoms with Crippen molar-refractivity contribution in [2.75, 3.05) is 49.1 Å². The quantitative estimate of drug-likeness (QED) is 0.830. The van der Waals surface area contributed by atoms with Gasteiger partial charge in [-0.05, 0) is 37.1 Å². The second-order valence-corrected chi connectivity index (χ2v) is 7.16. The average molecular weight is 372 g/mol. The molecule has 2 fully saturated rings. The molecule has 2 saturated heterocycles. The lowest BCUT2D eigenvalue weighted by atomic mass is 10.2.